The molecule has 3 aliphatic rings. The minimum atomic E-state index is -0.413. The minimum Gasteiger partial charge on any atom is -0.441 e. The van der Waals surface area contributed by atoms with Gasteiger partial charge in [-0.15, -0.1) is 0 Å². The van der Waals surface area contributed by atoms with E-state index in [-0.39, 0.29) is 17.9 Å². The van der Waals surface area contributed by atoms with Crippen molar-refractivity contribution in [3.63, 3.8) is 0 Å². The summed E-state index contributed by atoms with van der Waals surface area (Å²) in [5.41, 5.74) is -0.413. The van der Waals surface area contributed by atoms with E-state index in [1.807, 2.05) is 9.80 Å². The fraction of sp³-hybridized carbons (Fsp3) is 0.824. The van der Waals surface area contributed by atoms with E-state index in [9.17, 15) is 14.4 Å². The zero-order chi connectivity index (χ0) is 17.2. The molecule has 0 aliphatic carbocycles. The molecule has 24 heavy (non-hydrogen) atoms. The average Bonchev–Trinajstić information content (AvgIpc) is 2.72. The van der Waals surface area contributed by atoms with Crippen LogP contribution in [0.5, 0.6) is 0 Å². The molecule has 3 amide bonds. The number of likely N-dealkylation sites (tertiary alicyclic amines) is 2. The Hall–Kier alpha value is -1.79. The van der Waals surface area contributed by atoms with Crippen LogP contribution in [0.15, 0.2) is 0 Å². The van der Waals surface area contributed by atoms with E-state index in [1.54, 1.807) is 11.9 Å². The first-order chi connectivity index (χ1) is 11.5. The second kappa shape index (κ2) is 6.99. The van der Waals surface area contributed by atoms with E-state index >= 15 is 0 Å². The predicted octanol–water partition coefficient (Wildman–Crippen LogP) is 1.22. The van der Waals surface area contributed by atoms with E-state index in [0.29, 0.717) is 51.9 Å². The van der Waals surface area contributed by atoms with Gasteiger partial charge in [0.15, 0.2) is 0 Å². The molecule has 3 rings (SSSR count). The summed E-state index contributed by atoms with van der Waals surface area (Å²) < 4.78 is 5.51. The lowest BCUT2D eigenvalue weighted by atomic mass is 9.91. The normalized spacial score (nSPS) is 24.3. The van der Waals surface area contributed by atoms with Crippen LogP contribution in [0.1, 0.15) is 44.9 Å². The molecular weight excluding hydrogens is 310 g/mol. The van der Waals surface area contributed by atoms with Crippen molar-refractivity contribution in [1.82, 2.24) is 14.7 Å². The maximum absolute atomic E-state index is 12.4. The highest BCUT2D eigenvalue weighted by Crippen LogP contribution is 2.32. The quantitative estimate of drug-likeness (QED) is 0.776. The van der Waals surface area contributed by atoms with Gasteiger partial charge in [-0.25, -0.2) is 4.79 Å². The number of hydrogen-bond acceptors (Lipinski definition) is 4. The van der Waals surface area contributed by atoms with Crippen molar-refractivity contribution >= 4 is 17.9 Å². The standard InChI is InChI=1S/C17H27N3O4/c1-18-13-17(24-16(18)23)7-11-20(12-8-17)15(22)6-10-19-9-4-2-3-5-14(19)21/h2-13H2,1H3. The van der Waals surface area contributed by atoms with Gasteiger partial charge in [-0.05, 0) is 12.8 Å². The Morgan fingerprint density at radius 2 is 1.88 bits per heavy atom. The highest BCUT2D eigenvalue weighted by atomic mass is 16.6. The number of amides is 3. The number of hydrogen-bond donors (Lipinski definition) is 0. The molecule has 0 N–H and O–H groups in total. The second-order valence-corrected chi connectivity index (χ2v) is 7.23. The van der Waals surface area contributed by atoms with Gasteiger partial charge in [-0.3, -0.25) is 9.59 Å². The highest BCUT2D eigenvalue weighted by Gasteiger charge is 2.46. The molecule has 134 valence electrons. The van der Waals surface area contributed by atoms with E-state index < -0.39 is 5.60 Å². The van der Waals surface area contributed by atoms with Crippen LogP contribution in [0.4, 0.5) is 4.79 Å². The molecule has 3 saturated heterocycles. The van der Waals surface area contributed by atoms with Gasteiger partial charge in [0.25, 0.3) is 0 Å². The first kappa shape index (κ1) is 17.0. The largest absolute Gasteiger partial charge is 0.441 e. The summed E-state index contributed by atoms with van der Waals surface area (Å²) >= 11 is 0. The maximum atomic E-state index is 12.4. The number of rotatable bonds is 3. The summed E-state index contributed by atoms with van der Waals surface area (Å²) in [5, 5.41) is 0. The zero-order valence-electron chi connectivity index (χ0n) is 14.5. The monoisotopic (exact) mass is 337 g/mol. The first-order valence-corrected chi connectivity index (χ1v) is 8.99. The van der Waals surface area contributed by atoms with Gasteiger partial charge in [-0.2, -0.15) is 0 Å². The van der Waals surface area contributed by atoms with Gasteiger partial charge in [0.1, 0.15) is 5.60 Å². The Kier molecular flexibility index (Phi) is 4.96. The number of piperidine rings is 1. The van der Waals surface area contributed by atoms with Crippen LogP contribution in [0.2, 0.25) is 0 Å². The van der Waals surface area contributed by atoms with E-state index in [2.05, 4.69) is 0 Å². The zero-order valence-corrected chi connectivity index (χ0v) is 14.5. The number of ether oxygens (including phenoxy) is 1. The summed E-state index contributed by atoms with van der Waals surface area (Å²) in [6.45, 7) is 3.15. The molecule has 0 unspecified atom stereocenters. The summed E-state index contributed by atoms with van der Waals surface area (Å²) in [6, 6.07) is 0. The van der Waals surface area contributed by atoms with Crippen LogP contribution < -0.4 is 0 Å². The molecule has 0 bridgehead atoms. The fourth-order valence-electron chi connectivity index (χ4n) is 3.88. The van der Waals surface area contributed by atoms with Gasteiger partial charge in [0, 0.05) is 58.9 Å². The highest BCUT2D eigenvalue weighted by molar-refractivity contribution is 5.79. The predicted molar refractivity (Wildman–Crippen MR) is 87.3 cm³/mol. The molecule has 0 radical (unpaired) electrons. The van der Waals surface area contributed by atoms with Crippen molar-refractivity contribution in [3.05, 3.63) is 0 Å². The summed E-state index contributed by atoms with van der Waals surface area (Å²) in [7, 11) is 1.74. The number of nitrogens with zero attached hydrogens (tertiary/aromatic N) is 3. The van der Waals surface area contributed by atoms with Gasteiger partial charge in [-0.1, -0.05) is 6.42 Å². The first-order valence-electron chi connectivity index (χ1n) is 8.99. The lowest BCUT2D eigenvalue weighted by Crippen LogP contribution is -2.49. The third-order valence-electron chi connectivity index (χ3n) is 5.44. The van der Waals surface area contributed by atoms with Crippen LogP contribution >= 0.6 is 0 Å². The maximum Gasteiger partial charge on any atom is 0.410 e. The molecule has 0 saturated carbocycles. The van der Waals surface area contributed by atoms with E-state index in [0.717, 1.165) is 25.8 Å². The Labute approximate surface area is 142 Å². The molecule has 3 aliphatic heterocycles. The smallest absolute Gasteiger partial charge is 0.410 e. The summed E-state index contributed by atoms with van der Waals surface area (Å²) in [5.74, 6) is 0.276. The molecule has 3 heterocycles. The molecule has 0 aromatic heterocycles. The average molecular weight is 337 g/mol. The van der Waals surface area contributed by atoms with Crippen LogP contribution in [0, 0.1) is 0 Å². The topological polar surface area (TPSA) is 70.2 Å². The van der Waals surface area contributed by atoms with Crippen molar-refractivity contribution in [2.24, 2.45) is 0 Å². The Bertz CT molecular complexity index is 514. The van der Waals surface area contributed by atoms with Crippen LogP contribution in [-0.4, -0.2) is 78.0 Å². The number of carbonyl (C=O) groups excluding carboxylic acids is 3. The third kappa shape index (κ3) is 3.65. The molecule has 0 aromatic carbocycles. The van der Waals surface area contributed by atoms with Gasteiger partial charge < -0.3 is 19.4 Å². The summed E-state index contributed by atoms with van der Waals surface area (Å²) in [4.78, 5) is 41.3. The van der Waals surface area contributed by atoms with Gasteiger partial charge in [0.2, 0.25) is 11.8 Å². The number of carbonyl (C=O) groups is 3. The molecule has 1 spiro atoms. The van der Waals surface area contributed by atoms with Gasteiger partial charge >= 0.3 is 6.09 Å². The minimum absolute atomic E-state index is 0.0968. The number of likely N-dealkylation sites (N-methyl/N-ethyl adjacent to an activating group) is 1. The van der Waals surface area contributed by atoms with E-state index in [1.165, 1.54) is 0 Å². The second-order valence-electron chi connectivity index (χ2n) is 7.23. The van der Waals surface area contributed by atoms with Crippen molar-refractivity contribution in [3.8, 4) is 0 Å². The fourth-order valence-corrected chi connectivity index (χ4v) is 3.88. The van der Waals surface area contributed by atoms with Crippen LogP contribution in [0.3, 0.4) is 0 Å². The molecule has 7 heteroatoms. The Balaban J connectivity index is 1.45. The van der Waals surface area contributed by atoms with Crippen molar-refractivity contribution in [2.75, 3.05) is 39.8 Å². The Morgan fingerprint density at radius 1 is 1.12 bits per heavy atom. The van der Waals surface area contributed by atoms with Gasteiger partial charge in [0.05, 0.1) is 6.54 Å². The van der Waals surface area contributed by atoms with Crippen LogP contribution in [0.25, 0.3) is 0 Å². The van der Waals surface area contributed by atoms with Crippen molar-refractivity contribution in [2.45, 2.75) is 50.5 Å². The molecule has 0 aromatic rings. The molecule has 3 fully saturated rings. The van der Waals surface area contributed by atoms with Crippen molar-refractivity contribution < 1.29 is 19.1 Å². The Morgan fingerprint density at radius 3 is 2.54 bits per heavy atom. The van der Waals surface area contributed by atoms with Crippen molar-refractivity contribution in [1.29, 1.82) is 0 Å². The molecular formula is C17H27N3O4. The molecule has 0 atom stereocenters. The van der Waals surface area contributed by atoms with Crippen LogP contribution in [-0.2, 0) is 14.3 Å². The van der Waals surface area contributed by atoms with E-state index in [4.69, 9.17) is 4.74 Å². The SMILES string of the molecule is CN1CC2(CCN(C(=O)CCN3CCCCCC3=O)CC2)OC1=O. The lowest BCUT2D eigenvalue weighted by Gasteiger charge is -2.37. The molecule has 7 nitrogen and oxygen atoms in total. The summed E-state index contributed by atoms with van der Waals surface area (Å²) in [6.07, 6.45) is 5.20. The third-order valence-corrected chi connectivity index (χ3v) is 5.44. The lowest BCUT2D eigenvalue weighted by molar-refractivity contribution is -0.136.